The van der Waals surface area contributed by atoms with Crippen LogP contribution in [-0.2, 0) is 11.8 Å². The van der Waals surface area contributed by atoms with Crippen molar-refractivity contribution in [3.63, 3.8) is 0 Å². The van der Waals surface area contributed by atoms with Crippen molar-refractivity contribution in [1.82, 2.24) is 29.8 Å². The van der Waals surface area contributed by atoms with Crippen molar-refractivity contribution in [2.24, 2.45) is 12.0 Å². The van der Waals surface area contributed by atoms with Crippen molar-refractivity contribution in [3.05, 3.63) is 71.3 Å². The highest BCUT2D eigenvalue weighted by Crippen LogP contribution is 2.23. The summed E-state index contributed by atoms with van der Waals surface area (Å²) in [6.45, 7) is 5.59. The Kier molecular flexibility index (Phi) is 8.94. The van der Waals surface area contributed by atoms with Crippen LogP contribution in [0, 0.1) is 0 Å². The minimum absolute atomic E-state index is 0. The summed E-state index contributed by atoms with van der Waals surface area (Å²) >= 11 is 6.09. The van der Waals surface area contributed by atoms with Gasteiger partial charge in [0.1, 0.15) is 6.10 Å². The van der Waals surface area contributed by atoms with E-state index in [1.165, 1.54) is 0 Å². The summed E-state index contributed by atoms with van der Waals surface area (Å²) in [4.78, 5) is 7.24. The van der Waals surface area contributed by atoms with E-state index in [0.717, 1.165) is 41.7 Å². The first-order valence-electron chi connectivity index (χ1n) is 10.5. The third kappa shape index (κ3) is 6.02. The summed E-state index contributed by atoms with van der Waals surface area (Å²) in [7, 11) is 1.92. The van der Waals surface area contributed by atoms with E-state index in [2.05, 4.69) is 27.3 Å². The Labute approximate surface area is 210 Å². The molecule has 3 heterocycles. The number of nitrogens with one attached hydrogen (secondary N) is 1. The number of benzene rings is 1. The molecule has 0 radical (unpaired) electrons. The number of aromatic nitrogens is 4. The van der Waals surface area contributed by atoms with Crippen LogP contribution in [0.15, 0.2) is 60.1 Å². The lowest BCUT2D eigenvalue weighted by Crippen LogP contribution is -2.48. The lowest BCUT2D eigenvalue weighted by molar-refractivity contribution is -0.00805. The maximum Gasteiger partial charge on any atom is 0.194 e. The Morgan fingerprint density at radius 2 is 2.12 bits per heavy atom. The number of nitrogens with zero attached hydrogens (tertiary/aromatic N) is 6. The van der Waals surface area contributed by atoms with Gasteiger partial charge < -0.3 is 15.0 Å². The summed E-state index contributed by atoms with van der Waals surface area (Å²) in [6.07, 6.45) is 7.61. The molecule has 1 aliphatic heterocycles. The van der Waals surface area contributed by atoms with E-state index in [4.69, 9.17) is 21.3 Å². The SMILES string of the molecule is CCNC(=NCC(c1ccc(Cl)cc1)n1cccn1)N1CCOC(c2cnn(C)c2)C1.I. The van der Waals surface area contributed by atoms with E-state index in [-0.39, 0.29) is 36.1 Å². The Morgan fingerprint density at radius 3 is 2.78 bits per heavy atom. The monoisotopic (exact) mass is 569 g/mol. The highest BCUT2D eigenvalue weighted by Gasteiger charge is 2.25. The Hall–Kier alpha value is -2.11. The first-order valence-corrected chi connectivity index (χ1v) is 10.9. The molecule has 3 aromatic rings. The molecule has 0 spiro atoms. The van der Waals surface area contributed by atoms with Crippen LogP contribution in [0.2, 0.25) is 5.02 Å². The van der Waals surface area contributed by atoms with Gasteiger partial charge in [-0.25, -0.2) is 0 Å². The Morgan fingerprint density at radius 1 is 1.31 bits per heavy atom. The molecule has 1 aliphatic rings. The molecule has 1 fully saturated rings. The van der Waals surface area contributed by atoms with Crippen molar-refractivity contribution < 1.29 is 4.74 Å². The van der Waals surface area contributed by atoms with E-state index in [9.17, 15) is 0 Å². The average Bonchev–Trinajstić information content (AvgIpc) is 3.47. The zero-order valence-corrected chi connectivity index (χ0v) is 21.4. The first-order chi connectivity index (χ1) is 15.1. The van der Waals surface area contributed by atoms with Crippen LogP contribution >= 0.6 is 35.6 Å². The normalized spacial score (nSPS) is 17.7. The van der Waals surface area contributed by atoms with Gasteiger partial charge in [0.2, 0.25) is 0 Å². The Bertz CT molecular complexity index is 990. The zero-order chi connectivity index (χ0) is 21.6. The van der Waals surface area contributed by atoms with Gasteiger partial charge in [0.25, 0.3) is 0 Å². The first kappa shape index (κ1) is 24.5. The zero-order valence-electron chi connectivity index (χ0n) is 18.3. The van der Waals surface area contributed by atoms with Crippen molar-refractivity contribution >= 4 is 41.5 Å². The number of hydrogen-bond donors (Lipinski definition) is 1. The minimum atomic E-state index is -0.0236. The van der Waals surface area contributed by atoms with Crippen molar-refractivity contribution in [1.29, 1.82) is 0 Å². The summed E-state index contributed by atoms with van der Waals surface area (Å²) in [5.74, 6) is 0.880. The summed E-state index contributed by atoms with van der Waals surface area (Å²) in [6, 6.07) is 9.79. The van der Waals surface area contributed by atoms with Crippen molar-refractivity contribution in [2.45, 2.75) is 19.1 Å². The number of morpholine rings is 1. The molecule has 4 rings (SSSR count). The molecule has 0 saturated carbocycles. The van der Waals surface area contributed by atoms with Gasteiger partial charge in [0, 0.05) is 49.3 Å². The van der Waals surface area contributed by atoms with E-state index in [1.54, 1.807) is 10.9 Å². The maximum absolute atomic E-state index is 6.09. The number of guanidine groups is 1. The molecule has 0 amide bonds. The van der Waals surface area contributed by atoms with Crippen LogP contribution in [-0.4, -0.2) is 63.2 Å². The van der Waals surface area contributed by atoms with Crippen molar-refractivity contribution in [3.8, 4) is 0 Å². The van der Waals surface area contributed by atoms with Gasteiger partial charge in [-0.2, -0.15) is 10.2 Å². The van der Waals surface area contributed by atoms with E-state index in [1.807, 2.05) is 60.7 Å². The molecule has 0 bridgehead atoms. The van der Waals surface area contributed by atoms with Gasteiger partial charge in [0.05, 0.1) is 31.9 Å². The molecule has 1 aromatic carbocycles. The third-order valence-electron chi connectivity index (χ3n) is 5.31. The predicted molar refractivity (Wildman–Crippen MR) is 137 cm³/mol. The molecule has 10 heteroatoms. The van der Waals surface area contributed by atoms with Crippen molar-refractivity contribution in [2.75, 3.05) is 32.8 Å². The quantitative estimate of drug-likeness (QED) is 0.280. The molecule has 1 N–H and O–H groups in total. The van der Waals surface area contributed by atoms with Gasteiger partial charge in [-0.05, 0) is 30.7 Å². The molecule has 2 atom stereocenters. The number of aliphatic imine (C=N–C) groups is 1. The minimum Gasteiger partial charge on any atom is -0.370 e. The standard InChI is InChI=1S/C22H28ClN7O.HI/c1-3-24-22(29-11-12-31-21(16-29)18-13-27-28(2)15-18)25-14-20(30-10-4-9-26-30)17-5-7-19(23)8-6-17;/h4-10,13,15,20-21H,3,11-12,14,16H2,1-2H3,(H,24,25);1H. The summed E-state index contributed by atoms with van der Waals surface area (Å²) in [5.41, 5.74) is 2.20. The molecular weight excluding hydrogens is 541 g/mol. The van der Waals surface area contributed by atoms with E-state index in [0.29, 0.717) is 13.2 Å². The number of hydrogen-bond acceptors (Lipinski definition) is 4. The van der Waals surface area contributed by atoms with E-state index >= 15 is 0 Å². The smallest absolute Gasteiger partial charge is 0.194 e. The number of ether oxygens (including phenoxy) is 1. The van der Waals surface area contributed by atoms with Gasteiger partial charge in [-0.3, -0.25) is 14.4 Å². The molecule has 0 aliphatic carbocycles. The lowest BCUT2D eigenvalue weighted by Gasteiger charge is -2.35. The van der Waals surface area contributed by atoms with E-state index < -0.39 is 0 Å². The average molecular weight is 570 g/mol. The molecule has 32 heavy (non-hydrogen) atoms. The molecule has 1 saturated heterocycles. The maximum atomic E-state index is 6.09. The second-order valence-electron chi connectivity index (χ2n) is 7.50. The largest absolute Gasteiger partial charge is 0.370 e. The topological polar surface area (TPSA) is 72.5 Å². The molecule has 2 aromatic heterocycles. The number of aryl methyl sites for hydroxylation is 1. The number of halogens is 2. The summed E-state index contributed by atoms with van der Waals surface area (Å²) in [5, 5.41) is 12.9. The van der Waals surface area contributed by atoms with Crippen LogP contribution in [0.4, 0.5) is 0 Å². The highest BCUT2D eigenvalue weighted by atomic mass is 127. The van der Waals surface area contributed by atoms with Gasteiger partial charge in [-0.15, -0.1) is 24.0 Å². The second kappa shape index (κ2) is 11.7. The van der Waals surface area contributed by atoms with Crippen LogP contribution in [0.1, 0.15) is 30.2 Å². The summed E-state index contributed by atoms with van der Waals surface area (Å²) < 4.78 is 9.74. The Balaban J connectivity index is 0.00000289. The molecular formula is C22H29ClIN7O. The molecule has 172 valence electrons. The van der Waals surface area contributed by atoms with Gasteiger partial charge >= 0.3 is 0 Å². The van der Waals surface area contributed by atoms with Crippen LogP contribution in [0.3, 0.4) is 0 Å². The fourth-order valence-corrected chi connectivity index (χ4v) is 3.87. The van der Waals surface area contributed by atoms with Crippen LogP contribution in [0.5, 0.6) is 0 Å². The fraction of sp³-hybridized carbons (Fsp3) is 0.409. The number of rotatable bonds is 6. The predicted octanol–water partition coefficient (Wildman–Crippen LogP) is 3.52. The highest BCUT2D eigenvalue weighted by molar-refractivity contribution is 14.0. The third-order valence-corrected chi connectivity index (χ3v) is 5.56. The van der Waals surface area contributed by atoms with Gasteiger partial charge in [-0.1, -0.05) is 23.7 Å². The molecule has 8 nitrogen and oxygen atoms in total. The van der Waals surface area contributed by atoms with Crippen LogP contribution in [0.25, 0.3) is 0 Å². The van der Waals surface area contributed by atoms with Gasteiger partial charge in [0.15, 0.2) is 5.96 Å². The fourth-order valence-electron chi connectivity index (χ4n) is 3.74. The second-order valence-corrected chi connectivity index (χ2v) is 7.94. The molecule has 2 unspecified atom stereocenters. The lowest BCUT2D eigenvalue weighted by atomic mass is 10.1. The van der Waals surface area contributed by atoms with Crippen LogP contribution < -0.4 is 5.32 Å².